The topological polar surface area (TPSA) is 66.9 Å². The molecule has 0 radical (unpaired) electrons. The molecule has 0 aliphatic rings. The van der Waals surface area contributed by atoms with Gasteiger partial charge in [0.2, 0.25) is 0 Å². The van der Waals surface area contributed by atoms with Crippen LogP contribution >= 0.6 is 11.6 Å². The Morgan fingerprint density at radius 1 is 0.857 bits per heavy atom. The van der Waals surface area contributed by atoms with Crippen LogP contribution in [0, 0.1) is 0 Å². The number of hydrogen-bond acceptors (Lipinski definition) is 2. The summed E-state index contributed by atoms with van der Waals surface area (Å²) in [4.78, 5) is 26.1. The average Bonchev–Trinajstić information content (AvgIpc) is 3.08. The Morgan fingerprint density at radius 2 is 1.46 bits per heavy atom. The van der Waals surface area contributed by atoms with Gasteiger partial charge in [0.1, 0.15) is 5.56 Å². The van der Waals surface area contributed by atoms with E-state index in [2.05, 4.69) is 10.4 Å². The molecule has 4 rings (SSSR count). The van der Waals surface area contributed by atoms with E-state index in [1.807, 2.05) is 48.5 Å². The van der Waals surface area contributed by atoms with Gasteiger partial charge < -0.3 is 5.32 Å². The van der Waals surface area contributed by atoms with Gasteiger partial charge in [-0.1, -0.05) is 60.1 Å². The number of aromatic nitrogens is 2. The summed E-state index contributed by atoms with van der Waals surface area (Å²) in [7, 11) is 0. The van der Waals surface area contributed by atoms with Crippen molar-refractivity contribution in [2.75, 3.05) is 5.32 Å². The third-order valence-corrected chi connectivity index (χ3v) is 4.55. The van der Waals surface area contributed by atoms with Crippen LogP contribution in [0.5, 0.6) is 0 Å². The van der Waals surface area contributed by atoms with Crippen molar-refractivity contribution in [2.24, 2.45) is 0 Å². The molecule has 1 aromatic heterocycles. The standard InChI is InChI=1S/C22H16ClN3O2/c23-16-11-13-17(14-12-16)24-21(27)19-20(15-7-3-1-4-8-15)25-26(22(19)28)18-9-5-2-6-10-18/h1-14,25H,(H,24,27). The number of carbonyl (C=O) groups excluding carboxylic acids is 1. The summed E-state index contributed by atoms with van der Waals surface area (Å²) in [6, 6.07) is 25.1. The first-order valence-corrected chi connectivity index (χ1v) is 9.04. The number of nitrogens with one attached hydrogen (secondary N) is 2. The lowest BCUT2D eigenvalue weighted by Crippen LogP contribution is -2.24. The maximum absolute atomic E-state index is 13.1. The molecule has 0 aliphatic heterocycles. The van der Waals surface area contributed by atoms with Crippen LogP contribution in [0.4, 0.5) is 5.69 Å². The maximum Gasteiger partial charge on any atom is 0.284 e. The highest BCUT2D eigenvalue weighted by Gasteiger charge is 2.23. The van der Waals surface area contributed by atoms with E-state index in [0.717, 1.165) is 5.56 Å². The molecular formula is C22H16ClN3O2. The van der Waals surface area contributed by atoms with Crippen LogP contribution in [-0.4, -0.2) is 15.7 Å². The van der Waals surface area contributed by atoms with E-state index in [9.17, 15) is 9.59 Å². The summed E-state index contributed by atoms with van der Waals surface area (Å²) in [5.74, 6) is -0.489. The van der Waals surface area contributed by atoms with Crippen molar-refractivity contribution in [3.05, 3.63) is 106 Å². The second-order valence-electron chi connectivity index (χ2n) is 6.16. The lowest BCUT2D eigenvalue weighted by molar-refractivity contribution is 0.102. The molecule has 0 unspecified atom stereocenters. The van der Waals surface area contributed by atoms with Crippen LogP contribution in [0.2, 0.25) is 5.02 Å². The Morgan fingerprint density at radius 3 is 2.11 bits per heavy atom. The first-order valence-electron chi connectivity index (χ1n) is 8.66. The Labute approximate surface area is 166 Å². The number of H-pyrrole nitrogens is 1. The van der Waals surface area contributed by atoms with Gasteiger partial charge in [0.05, 0.1) is 11.4 Å². The van der Waals surface area contributed by atoms with Gasteiger partial charge in [-0.3, -0.25) is 14.7 Å². The quantitative estimate of drug-likeness (QED) is 0.529. The van der Waals surface area contributed by atoms with Crippen molar-refractivity contribution in [3.63, 3.8) is 0 Å². The molecule has 1 amide bonds. The number of carbonyl (C=O) groups is 1. The Hall–Kier alpha value is -3.57. The molecule has 4 aromatic rings. The van der Waals surface area contributed by atoms with Gasteiger partial charge in [-0.05, 0) is 36.4 Å². The molecular weight excluding hydrogens is 374 g/mol. The molecule has 0 bridgehead atoms. The van der Waals surface area contributed by atoms with Crippen molar-refractivity contribution >= 4 is 23.2 Å². The third-order valence-electron chi connectivity index (χ3n) is 4.30. The molecule has 28 heavy (non-hydrogen) atoms. The number of benzene rings is 3. The number of aromatic amines is 1. The molecule has 138 valence electrons. The van der Waals surface area contributed by atoms with Gasteiger partial charge in [-0.15, -0.1) is 0 Å². The minimum Gasteiger partial charge on any atom is -0.322 e. The van der Waals surface area contributed by atoms with E-state index in [1.165, 1.54) is 4.68 Å². The molecule has 2 N–H and O–H groups in total. The Bertz CT molecular complexity index is 1160. The summed E-state index contributed by atoms with van der Waals surface area (Å²) in [5.41, 5.74) is 2.04. The van der Waals surface area contributed by atoms with Gasteiger partial charge in [0.15, 0.2) is 0 Å². The fraction of sp³-hybridized carbons (Fsp3) is 0. The summed E-state index contributed by atoms with van der Waals surface area (Å²) in [6.07, 6.45) is 0. The van der Waals surface area contributed by atoms with Gasteiger partial charge in [-0.25, -0.2) is 4.68 Å². The van der Waals surface area contributed by atoms with Crippen LogP contribution in [-0.2, 0) is 0 Å². The highest BCUT2D eigenvalue weighted by atomic mass is 35.5. The number of rotatable bonds is 4. The molecule has 3 aromatic carbocycles. The van der Waals surface area contributed by atoms with E-state index in [1.54, 1.807) is 36.4 Å². The van der Waals surface area contributed by atoms with E-state index in [4.69, 9.17) is 11.6 Å². The first-order chi connectivity index (χ1) is 13.6. The van der Waals surface area contributed by atoms with Crippen molar-refractivity contribution in [2.45, 2.75) is 0 Å². The zero-order valence-corrected chi connectivity index (χ0v) is 15.5. The normalized spacial score (nSPS) is 10.6. The predicted molar refractivity (Wildman–Crippen MR) is 111 cm³/mol. The zero-order chi connectivity index (χ0) is 19.5. The Kier molecular flexibility index (Phi) is 4.83. The molecule has 0 saturated heterocycles. The summed E-state index contributed by atoms with van der Waals surface area (Å²) in [6.45, 7) is 0. The number of anilines is 1. The van der Waals surface area contributed by atoms with Crippen LogP contribution in [0.25, 0.3) is 16.9 Å². The highest BCUT2D eigenvalue weighted by molar-refractivity contribution is 6.30. The largest absolute Gasteiger partial charge is 0.322 e. The van der Waals surface area contributed by atoms with Gasteiger partial charge >= 0.3 is 0 Å². The lowest BCUT2D eigenvalue weighted by Gasteiger charge is -2.05. The van der Waals surface area contributed by atoms with Crippen LogP contribution in [0.3, 0.4) is 0 Å². The van der Waals surface area contributed by atoms with Gasteiger partial charge in [0.25, 0.3) is 11.5 Å². The number of nitrogens with zero attached hydrogens (tertiary/aromatic N) is 1. The number of amides is 1. The monoisotopic (exact) mass is 389 g/mol. The lowest BCUT2D eigenvalue weighted by atomic mass is 10.1. The minimum atomic E-state index is -0.489. The van der Waals surface area contributed by atoms with E-state index < -0.39 is 11.5 Å². The minimum absolute atomic E-state index is 0.0463. The summed E-state index contributed by atoms with van der Waals surface area (Å²) >= 11 is 5.90. The van der Waals surface area contributed by atoms with Gasteiger partial charge in [0, 0.05) is 16.3 Å². The summed E-state index contributed by atoms with van der Waals surface area (Å²) < 4.78 is 1.37. The summed E-state index contributed by atoms with van der Waals surface area (Å²) in [5, 5.41) is 6.42. The third kappa shape index (κ3) is 3.48. The smallest absolute Gasteiger partial charge is 0.284 e. The fourth-order valence-electron chi connectivity index (χ4n) is 2.95. The van der Waals surface area contributed by atoms with Crippen molar-refractivity contribution < 1.29 is 4.79 Å². The fourth-order valence-corrected chi connectivity index (χ4v) is 3.07. The highest BCUT2D eigenvalue weighted by Crippen LogP contribution is 2.22. The first kappa shape index (κ1) is 17.8. The van der Waals surface area contributed by atoms with Crippen LogP contribution in [0.1, 0.15) is 10.4 Å². The van der Waals surface area contributed by atoms with Crippen molar-refractivity contribution in [1.29, 1.82) is 0 Å². The second kappa shape index (κ2) is 7.58. The van der Waals surface area contributed by atoms with E-state index >= 15 is 0 Å². The Balaban J connectivity index is 1.82. The predicted octanol–water partition coefficient (Wildman–Crippen LogP) is 4.74. The molecule has 0 fully saturated rings. The number of hydrogen-bond donors (Lipinski definition) is 2. The molecule has 0 saturated carbocycles. The molecule has 1 heterocycles. The van der Waals surface area contributed by atoms with Crippen molar-refractivity contribution in [1.82, 2.24) is 9.78 Å². The molecule has 0 spiro atoms. The molecule has 5 nitrogen and oxygen atoms in total. The second-order valence-corrected chi connectivity index (χ2v) is 6.60. The van der Waals surface area contributed by atoms with Crippen LogP contribution < -0.4 is 10.9 Å². The maximum atomic E-state index is 13.1. The molecule has 6 heteroatoms. The number of para-hydroxylation sites is 1. The van der Waals surface area contributed by atoms with E-state index in [-0.39, 0.29) is 5.56 Å². The van der Waals surface area contributed by atoms with Crippen molar-refractivity contribution in [3.8, 4) is 16.9 Å². The average molecular weight is 390 g/mol. The molecule has 0 atom stereocenters. The SMILES string of the molecule is O=C(Nc1ccc(Cl)cc1)c1c(-c2ccccc2)[nH]n(-c2ccccc2)c1=O. The van der Waals surface area contributed by atoms with Gasteiger partial charge in [-0.2, -0.15) is 0 Å². The number of halogens is 1. The van der Waals surface area contributed by atoms with Crippen LogP contribution in [0.15, 0.2) is 89.7 Å². The molecule has 0 aliphatic carbocycles. The van der Waals surface area contributed by atoms with E-state index in [0.29, 0.717) is 22.1 Å². The zero-order valence-electron chi connectivity index (χ0n) is 14.7.